The summed E-state index contributed by atoms with van der Waals surface area (Å²) in [6.45, 7) is 3.91. The van der Waals surface area contributed by atoms with E-state index < -0.39 is 12.0 Å². The molecule has 22 heavy (non-hydrogen) atoms. The average molecular weight is 299 g/mol. The molecule has 5 heteroatoms. The highest BCUT2D eigenvalue weighted by molar-refractivity contribution is 5.78. The third-order valence-electron chi connectivity index (χ3n) is 3.77. The molecule has 1 aliphatic heterocycles. The van der Waals surface area contributed by atoms with Gasteiger partial charge in [-0.2, -0.15) is 0 Å². The summed E-state index contributed by atoms with van der Waals surface area (Å²) in [7, 11) is 0. The van der Waals surface area contributed by atoms with E-state index in [-0.39, 0.29) is 5.97 Å². The fourth-order valence-corrected chi connectivity index (χ4v) is 2.51. The molecule has 2 heterocycles. The molecular weight excluding hydrogens is 282 g/mol. The van der Waals surface area contributed by atoms with Crippen molar-refractivity contribution < 1.29 is 19.4 Å². The molecule has 1 aliphatic rings. The van der Waals surface area contributed by atoms with E-state index >= 15 is 0 Å². The second-order valence-electron chi connectivity index (χ2n) is 5.17. The second kappa shape index (κ2) is 5.77. The highest BCUT2D eigenvalue weighted by atomic mass is 16.5. The average Bonchev–Trinajstić information content (AvgIpc) is 2.54. The van der Waals surface area contributed by atoms with Gasteiger partial charge >= 0.3 is 5.97 Å². The van der Waals surface area contributed by atoms with E-state index in [2.05, 4.69) is 4.98 Å². The van der Waals surface area contributed by atoms with Crippen LogP contribution in [0, 0.1) is 0 Å². The molecule has 1 aromatic heterocycles. The lowest BCUT2D eigenvalue weighted by atomic mass is 9.93. The van der Waals surface area contributed by atoms with Crippen molar-refractivity contribution in [1.82, 2.24) is 4.98 Å². The summed E-state index contributed by atoms with van der Waals surface area (Å²) in [6.07, 6.45) is 0.801. The summed E-state index contributed by atoms with van der Waals surface area (Å²) < 4.78 is 10.7. The van der Waals surface area contributed by atoms with Gasteiger partial charge in [0.25, 0.3) is 0 Å². The van der Waals surface area contributed by atoms with E-state index in [9.17, 15) is 9.90 Å². The zero-order valence-corrected chi connectivity index (χ0v) is 12.4. The Morgan fingerprint density at radius 1 is 1.41 bits per heavy atom. The van der Waals surface area contributed by atoms with E-state index in [1.807, 2.05) is 0 Å². The zero-order valence-electron chi connectivity index (χ0n) is 12.4. The Bertz CT molecular complexity index is 714. The molecule has 0 saturated heterocycles. The summed E-state index contributed by atoms with van der Waals surface area (Å²) in [5, 5.41) is 10.5. The quantitative estimate of drug-likeness (QED) is 0.882. The Labute approximate surface area is 128 Å². The molecule has 2 aromatic rings. The number of pyridine rings is 1. The predicted octanol–water partition coefficient (Wildman–Crippen LogP) is 2.94. The minimum Gasteiger partial charge on any atom is -0.466 e. The maximum atomic E-state index is 11.9. The van der Waals surface area contributed by atoms with Crippen molar-refractivity contribution in [1.29, 1.82) is 0 Å². The van der Waals surface area contributed by atoms with E-state index in [0.717, 1.165) is 5.56 Å². The first-order valence-electron chi connectivity index (χ1n) is 7.23. The number of hydrogen-bond acceptors (Lipinski definition) is 5. The predicted molar refractivity (Wildman–Crippen MR) is 79.9 cm³/mol. The minimum atomic E-state index is -0.818. The number of rotatable bonds is 3. The Balaban J connectivity index is 1.95. The smallest absolute Gasteiger partial charge is 0.313 e. The van der Waals surface area contributed by atoms with Crippen LogP contribution in [0.4, 0.5) is 0 Å². The van der Waals surface area contributed by atoms with Gasteiger partial charge in [-0.15, -0.1) is 0 Å². The van der Waals surface area contributed by atoms with Crippen LogP contribution in [-0.2, 0) is 9.53 Å². The molecule has 1 N–H and O–H groups in total. The molecule has 0 bridgehead atoms. The zero-order chi connectivity index (χ0) is 15.7. The van der Waals surface area contributed by atoms with Gasteiger partial charge in [0.1, 0.15) is 11.9 Å². The molecule has 0 amide bonds. The number of fused-ring (bicyclic) bond motifs is 2. The molecule has 0 aliphatic carbocycles. The highest BCUT2D eigenvalue weighted by Gasteiger charge is 2.28. The summed E-state index contributed by atoms with van der Waals surface area (Å²) in [4.78, 5) is 16.0. The van der Waals surface area contributed by atoms with Crippen LogP contribution in [0.1, 0.15) is 42.6 Å². The Morgan fingerprint density at radius 3 is 3.00 bits per heavy atom. The molecule has 2 unspecified atom stereocenters. The summed E-state index contributed by atoms with van der Waals surface area (Å²) in [6, 6.07) is 8.87. The molecule has 1 aromatic carbocycles. The maximum Gasteiger partial charge on any atom is 0.313 e. The molecular formula is C17H17NO4. The first-order chi connectivity index (χ1) is 10.6. The van der Waals surface area contributed by atoms with Gasteiger partial charge in [-0.25, -0.2) is 4.98 Å². The first kappa shape index (κ1) is 14.5. The number of aliphatic hydroxyl groups excluding tert-OH is 1. The molecule has 0 fully saturated rings. The van der Waals surface area contributed by atoms with Gasteiger partial charge in [0.2, 0.25) is 5.88 Å². The first-order valence-corrected chi connectivity index (χ1v) is 7.23. The molecule has 0 spiro atoms. The second-order valence-corrected chi connectivity index (χ2v) is 5.17. The van der Waals surface area contributed by atoms with Gasteiger partial charge in [-0.05, 0) is 43.7 Å². The number of carbonyl (C=O) groups excluding carboxylic acids is 1. The number of aromatic nitrogens is 1. The number of nitrogens with zero attached hydrogens (tertiary/aromatic N) is 1. The van der Waals surface area contributed by atoms with Gasteiger partial charge in [0, 0.05) is 17.3 Å². The summed E-state index contributed by atoms with van der Waals surface area (Å²) in [5.41, 5.74) is 2.04. The van der Waals surface area contributed by atoms with Crippen LogP contribution in [-0.4, -0.2) is 22.7 Å². The third-order valence-corrected chi connectivity index (χ3v) is 3.77. The number of ether oxygens (including phenoxy) is 2. The van der Waals surface area contributed by atoms with Crippen molar-refractivity contribution in [2.24, 2.45) is 0 Å². The van der Waals surface area contributed by atoms with Crippen molar-refractivity contribution in [2.45, 2.75) is 25.9 Å². The molecule has 0 radical (unpaired) electrons. The van der Waals surface area contributed by atoms with Gasteiger partial charge in [0.05, 0.1) is 12.5 Å². The van der Waals surface area contributed by atoms with Crippen LogP contribution >= 0.6 is 0 Å². The summed E-state index contributed by atoms with van der Waals surface area (Å²) >= 11 is 0. The normalized spacial score (nSPS) is 17.0. The Hall–Kier alpha value is -2.40. The van der Waals surface area contributed by atoms with Crippen molar-refractivity contribution in [3.05, 3.63) is 53.2 Å². The maximum absolute atomic E-state index is 11.9. The molecule has 2 atom stereocenters. The number of aliphatic hydroxyl groups is 1. The van der Waals surface area contributed by atoms with Crippen LogP contribution in [0.15, 0.2) is 36.5 Å². The van der Waals surface area contributed by atoms with Gasteiger partial charge < -0.3 is 14.6 Å². The highest BCUT2D eigenvalue weighted by Crippen LogP contribution is 2.42. The number of esters is 1. The van der Waals surface area contributed by atoms with Crippen molar-refractivity contribution >= 4 is 5.97 Å². The molecule has 114 valence electrons. The largest absolute Gasteiger partial charge is 0.466 e. The van der Waals surface area contributed by atoms with Gasteiger partial charge in [-0.1, -0.05) is 6.07 Å². The van der Waals surface area contributed by atoms with Crippen LogP contribution in [0.3, 0.4) is 0 Å². The fourth-order valence-electron chi connectivity index (χ4n) is 2.51. The third kappa shape index (κ3) is 2.44. The van der Waals surface area contributed by atoms with Crippen LogP contribution in [0.2, 0.25) is 0 Å². The number of benzene rings is 1. The van der Waals surface area contributed by atoms with Crippen molar-refractivity contribution in [3.8, 4) is 11.6 Å². The number of hydrogen-bond donors (Lipinski definition) is 1. The van der Waals surface area contributed by atoms with Crippen LogP contribution in [0.5, 0.6) is 11.6 Å². The van der Waals surface area contributed by atoms with Gasteiger partial charge in [0.15, 0.2) is 0 Å². The van der Waals surface area contributed by atoms with E-state index in [1.165, 1.54) is 0 Å². The van der Waals surface area contributed by atoms with Crippen LogP contribution in [0.25, 0.3) is 0 Å². The van der Waals surface area contributed by atoms with Crippen LogP contribution < -0.4 is 4.74 Å². The molecule has 5 nitrogen and oxygen atoms in total. The SMILES string of the molecule is CCOC(=O)C(C)c1ccc2c(c1)C(O)c1cccnc1O2. The summed E-state index contributed by atoms with van der Waals surface area (Å²) in [5.74, 6) is 0.288. The molecule has 3 rings (SSSR count). The monoisotopic (exact) mass is 299 g/mol. The minimum absolute atomic E-state index is 0.282. The number of carbonyl (C=O) groups is 1. The fraction of sp³-hybridized carbons (Fsp3) is 0.294. The van der Waals surface area contributed by atoms with E-state index in [4.69, 9.17) is 9.47 Å². The van der Waals surface area contributed by atoms with E-state index in [1.54, 1.807) is 50.4 Å². The molecule has 0 saturated carbocycles. The van der Waals surface area contributed by atoms with E-state index in [0.29, 0.717) is 29.4 Å². The standard InChI is InChI=1S/C17H17NO4/c1-3-21-17(20)10(2)11-6-7-14-13(9-11)15(19)12-5-4-8-18-16(12)22-14/h4-10,15,19H,3H2,1-2H3. The van der Waals surface area contributed by atoms with Gasteiger partial charge in [-0.3, -0.25) is 4.79 Å². The lowest BCUT2D eigenvalue weighted by Crippen LogP contribution is -2.15. The van der Waals surface area contributed by atoms with Crippen molar-refractivity contribution in [3.63, 3.8) is 0 Å². The lowest BCUT2D eigenvalue weighted by Gasteiger charge is -2.24. The lowest BCUT2D eigenvalue weighted by molar-refractivity contribution is -0.144. The Kier molecular flexibility index (Phi) is 3.81. The van der Waals surface area contributed by atoms with Crippen molar-refractivity contribution in [2.75, 3.05) is 6.61 Å². The topological polar surface area (TPSA) is 68.7 Å². The Morgan fingerprint density at radius 2 is 2.23 bits per heavy atom.